The van der Waals surface area contributed by atoms with Crippen molar-refractivity contribution in [1.29, 1.82) is 0 Å². The number of fused-ring (bicyclic) bond motifs is 3. The summed E-state index contributed by atoms with van der Waals surface area (Å²) in [6, 6.07) is 17.2. The molecule has 0 spiro atoms. The highest BCUT2D eigenvalue weighted by Crippen LogP contribution is 2.32. The number of quaternary nitrogens is 1. The minimum Gasteiger partial charge on any atom is -0.385 e. The Hall–Kier alpha value is -2.10. The van der Waals surface area contributed by atoms with Gasteiger partial charge >= 0.3 is 0 Å². The molecular weight excluding hydrogens is 320 g/mol. The van der Waals surface area contributed by atoms with Gasteiger partial charge in [0.25, 0.3) is 0 Å². The molecule has 1 heterocycles. The van der Waals surface area contributed by atoms with Crippen LogP contribution < -0.4 is 5.32 Å². The summed E-state index contributed by atoms with van der Waals surface area (Å²) < 4.78 is 2.39. The van der Waals surface area contributed by atoms with E-state index in [0.29, 0.717) is 6.54 Å². The van der Waals surface area contributed by atoms with Gasteiger partial charge < -0.3 is 15.0 Å². The first-order valence-corrected chi connectivity index (χ1v) is 9.86. The lowest BCUT2D eigenvalue weighted by atomic mass is 9.95. The van der Waals surface area contributed by atoms with Crippen LogP contribution in [-0.2, 0) is 25.9 Å². The highest BCUT2D eigenvalue weighted by atomic mass is 16.3. The summed E-state index contributed by atoms with van der Waals surface area (Å²) in [5.74, 6) is 0. The molecule has 0 amide bonds. The van der Waals surface area contributed by atoms with Crippen molar-refractivity contribution in [2.45, 2.75) is 51.8 Å². The number of hydrogen-bond donors (Lipinski definition) is 2. The van der Waals surface area contributed by atoms with Gasteiger partial charge in [-0.3, -0.25) is 0 Å². The molecule has 3 aromatic rings. The first-order chi connectivity index (χ1) is 12.7. The maximum absolute atomic E-state index is 10.7. The van der Waals surface area contributed by atoms with Gasteiger partial charge in [-0.15, -0.1) is 0 Å². The van der Waals surface area contributed by atoms with Crippen molar-refractivity contribution < 1.29 is 10.4 Å². The number of benzene rings is 2. The number of aliphatic hydroxyl groups excluding tert-OH is 1. The number of aromatic nitrogens is 1. The van der Waals surface area contributed by atoms with Gasteiger partial charge in [-0.2, -0.15) is 0 Å². The van der Waals surface area contributed by atoms with Crippen molar-refractivity contribution in [1.82, 2.24) is 4.57 Å². The van der Waals surface area contributed by atoms with Crippen molar-refractivity contribution in [2.75, 3.05) is 6.54 Å². The predicted molar refractivity (Wildman–Crippen MR) is 106 cm³/mol. The molecule has 0 saturated carbocycles. The maximum atomic E-state index is 10.7. The molecule has 3 nitrogen and oxygen atoms in total. The van der Waals surface area contributed by atoms with E-state index in [1.807, 2.05) is 6.07 Å². The van der Waals surface area contributed by atoms with Gasteiger partial charge in [0.15, 0.2) is 0 Å². The molecule has 136 valence electrons. The fraction of sp³-hybridized carbons (Fsp3) is 0.391. The third-order valence-corrected chi connectivity index (χ3v) is 5.59. The summed E-state index contributed by atoms with van der Waals surface area (Å²) in [4.78, 5) is 0. The van der Waals surface area contributed by atoms with Crippen LogP contribution >= 0.6 is 0 Å². The van der Waals surface area contributed by atoms with E-state index in [9.17, 15) is 5.11 Å². The fourth-order valence-corrected chi connectivity index (χ4v) is 4.30. The molecule has 0 bridgehead atoms. The number of nitrogens with two attached hydrogens (primary N) is 1. The number of hydrogen-bond acceptors (Lipinski definition) is 1. The third-order valence-electron chi connectivity index (χ3n) is 5.59. The maximum Gasteiger partial charge on any atom is 0.121 e. The fourth-order valence-electron chi connectivity index (χ4n) is 4.30. The largest absolute Gasteiger partial charge is 0.385 e. The minimum atomic E-state index is -0.332. The average molecular weight is 349 g/mol. The summed E-state index contributed by atoms with van der Waals surface area (Å²) in [6.07, 6.45) is 4.54. The normalized spacial score (nSPS) is 15.2. The number of aliphatic hydroxyl groups is 1. The lowest BCUT2D eigenvalue weighted by molar-refractivity contribution is -0.676. The van der Waals surface area contributed by atoms with E-state index in [2.05, 4.69) is 59.3 Å². The Bertz CT molecular complexity index is 882. The van der Waals surface area contributed by atoms with Crippen LogP contribution in [0.25, 0.3) is 10.9 Å². The Kier molecular flexibility index (Phi) is 5.09. The molecular formula is C23H29N2O+. The van der Waals surface area contributed by atoms with Crippen molar-refractivity contribution in [2.24, 2.45) is 0 Å². The van der Waals surface area contributed by atoms with Gasteiger partial charge in [0.2, 0.25) is 0 Å². The van der Waals surface area contributed by atoms with Gasteiger partial charge in [0.1, 0.15) is 19.2 Å². The Morgan fingerprint density at radius 2 is 1.88 bits per heavy atom. The smallest absolute Gasteiger partial charge is 0.121 e. The van der Waals surface area contributed by atoms with Gasteiger partial charge in [-0.1, -0.05) is 42.0 Å². The van der Waals surface area contributed by atoms with E-state index >= 15 is 0 Å². The van der Waals surface area contributed by atoms with Crippen LogP contribution in [0, 0.1) is 6.92 Å². The molecule has 1 aliphatic carbocycles. The first kappa shape index (κ1) is 17.3. The molecule has 0 unspecified atom stereocenters. The molecule has 3 N–H and O–H groups in total. The zero-order chi connectivity index (χ0) is 17.9. The van der Waals surface area contributed by atoms with Gasteiger partial charge in [-0.05, 0) is 50.3 Å². The zero-order valence-corrected chi connectivity index (χ0v) is 15.6. The van der Waals surface area contributed by atoms with Crippen molar-refractivity contribution in [3.8, 4) is 0 Å². The van der Waals surface area contributed by atoms with Gasteiger partial charge in [0, 0.05) is 22.2 Å². The summed E-state index contributed by atoms with van der Waals surface area (Å²) in [5.41, 5.74) is 6.90. The molecule has 2 aromatic carbocycles. The van der Waals surface area contributed by atoms with E-state index in [1.165, 1.54) is 52.5 Å². The summed E-state index contributed by atoms with van der Waals surface area (Å²) in [6.45, 7) is 4.51. The van der Waals surface area contributed by atoms with Crippen molar-refractivity contribution in [3.05, 3.63) is 70.9 Å². The third kappa shape index (κ3) is 3.55. The lowest BCUT2D eigenvalue weighted by Gasteiger charge is -2.18. The molecule has 4 rings (SSSR count). The average Bonchev–Trinajstić information content (AvgIpc) is 2.96. The van der Waals surface area contributed by atoms with E-state index in [0.717, 1.165) is 19.5 Å². The van der Waals surface area contributed by atoms with Gasteiger partial charge in [-0.25, -0.2) is 0 Å². The Labute approximate surface area is 155 Å². The van der Waals surface area contributed by atoms with Crippen LogP contribution in [0.2, 0.25) is 0 Å². The Morgan fingerprint density at radius 1 is 1.08 bits per heavy atom. The van der Waals surface area contributed by atoms with Crippen LogP contribution in [-0.4, -0.2) is 22.3 Å². The molecule has 0 fully saturated rings. The summed E-state index contributed by atoms with van der Waals surface area (Å²) in [7, 11) is 0. The van der Waals surface area contributed by atoms with E-state index in [4.69, 9.17) is 0 Å². The molecule has 3 heteroatoms. The topological polar surface area (TPSA) is 41.8 Å². The monoisotopic (exact) mass is 349 g/mol. The molecule has 0 radical (unpaired) electrons. The lowest BCUT2D eigenvalue weighted by Crippen LogP contribution is -2.85. The molecule has 1 atom stereocenters. The number of rotatable bonds is 6. The first-order valence-electron chi connectivity index (χ1n) is 9.86. The second-order valence-corrected chi connectivity index (χ2v) is 7.63. The Balaban J connectivity index is 1.49. The van der Waals surface area contributed by atoms with E-state index in [-0.39, 0.29) is 6.10 Å². The minimum absolute atomic E-state index is 0.332. The Morgan fingerprint density at radius 3 is 2.73 bits per heavy atom. The number of nitrogens with zero attached hydrogens (tertiary/aromatic N) is 1. The second-order valence-electron chi connectivity index (χ2n) is 7.63. The van der Waals surface area contributed by atoms with Crippen molar-refractivity contribution in [3.63, 3.8) is 0 Å². The highest BCUT2D eigenvalue weighted by Gasteiger charge is 2.21. The standard InChI is InChI=1S/C23H28N2O/c1-17-11-12-23-21(13-17)20-9-5-6-10-22(20)25(23)16-19(26)15-24-14-18-7-3-2-4-8-18/h2-4,7-8,11-13,19,24,26H,5-6,9-10,14-16H2,1H3/p+1/t19-/m1/s1. The SMILES string of the molecule is Cc1ccc2c(c1)c1c(n2C[C@H](O)C[NH2+]Cc2ccccc2)CCCC1. The molecule has 0 aliphatic heterocycles. The second kappa shape index (κ2) is 7.65. The van der Waals surface area contributed by atoms with Crippen LogP contribution in [0.4, 0.5) is 0 Å². The van der Waals surface area contributed by atoms with Crippen LogP contribution in [0.3, 0.4) is 0 Å². The molecule has 26 heavy (non-hydrogen) atoms. The van der Waals surface area contributed by atoms with Crippen molar-refractivity contribution >= 4 is 10.9 Å². The van der Waals surface area contributed by atoms with E-state index in [1.54, 1.807) is 0 Å². The van der Waals surface area contributed by atoms with Gasteiger partial charge in [0.05, 0.1) is 6.54 Å². The van der Waals surface area contributed by atoms with E-state index < -0.39 is 0 Å². The molecule has 0 saturated heterocycles. The van der Waals surface area contributed by atoms with Crippen LogP contribution in [0.1, 0.15) is 35.2 Å². The summed E-state index contributed by atoms with van der Waals surface area (Å²) >= 11 is 0. The van der Waals surface area contributed by atoms with Crippen LogP contribution in [0.15, 0.2) is 48.5 Å². The zero-order valence-electron chi connectivity index (χ0n) is 15.6. The quantitative estimate of drug-likeness (QED) is 0.706. The number of aryl methyl sites for hydroxylation is 2. The highest BCUT2D eigenvalue weighted by molar-refractivity contribution is 5.86. The molecule has 1 aliphatic rings. The van der Waals surface area contributed by atoms with Crippen LogP contribution in [0.5, 0.6) is 0 Å². The summed E-state index contributed by atoms with van der Waals surface area (Å²) in [5, 5.41) is 14.3. The predicted octanol–water partition coefficient (Wildman–Crippen LogP) is 2.95. The molecule has 1 aromatic heterocycles.